The zero-order valence-corrected chi connectivity index (χ0v) is 31.9. The number of nitrogens with one attached hydrogen (secondary N) is 4. The third-order valence-corrected chi connectivity index (χ3v) is 6.55. The van der Waals surface area contributed by atoms with Crippen molar-refractivity contribution in [1.82, 2.24) is 21.3 Å². The van der Waals surface area contributed by atoms with Gasteiger partial charge < -0.3 is 49.7 Å². The average molecular weight is 757 g/mol. The topological polar surface area (TPSA) is 206 Å². The number of carbonyl (C=O) groups excluding carboxylic acids is 6. The standard InChI is InChI=1S/C23H36N4O12.C15H16/c1-13(2)18(28)34-8-15(5)37-21(31)25-11-24-20(30)36-10-17(7)39-23(33)27-12-26-22(32)38-16(6)9-35-19(29)14(3)4;1-12-3-7-14(8-4-12)11-15-9-5-13(2)6-10-15/h15-17H,1,3,8-12H2,2,4-7H3,(H,24,30)(H,25,31)(H,26,32)(H,27,33);3-10H,11H2,1-2H3. The van der Waals surface area contributed by atoms with E-state index in [9.17, 15) is 28.8 Å². The fourth-order valence-corrected chi connectivity index (χ4v) is 3.68. The normalized spacial score (nSPS) is 11.7. The minimum absolute atomic E-state index is 0.172. The minimum Gasteiger partial charge on any atom is -0.458 e. The van der Waals surface area contributed by atoms with Crippen LogP contribution in [0.3, 0.4) is 0 Å². The molecule has 16 nitrogen and oxygen atoms in total. The van der Waals surface area contributed by atoms with Crippen molar-refractivity contribution in [1.29, 1.82) is 0 Å². The van der Waals surface area contributed by atoms with Gasteiger partial charge in [-0.25, -0.2) is 28.8 Å². The average Bonchev–Trinajstić information content (AvgIpc) is 3.10. The first-order valence-corrected chi connectivity index (χ1v) is 17.0. The van der Waals surface area contributed by atoms with Gasteiger partial charge in [-0.1, -0.05) is 72.8 Å². The molecule has 2 aromatic carbocycles. The van der Waals surface area contributed by atoms with Gasteiger partial charge in [0, 0.05) is 11.1 Å². The summed E-state index contributed by atoms with van der Waals surface area (Å²) in [7, 11) is 0. The van der Waals surface area contributed by atoms with E-state index in [1.807, 2.05) is 0 Å². The molecule has 0 heterocycles. The summed E-state index contributed by atoms with van der Waals surface area (Å²) in [5.41, 5.74) is 5.81. The number of esters is 2. The van der Waals surface area contributed by atoms with Gasteiger partial charge in [0.2, 0.25) is 0 Å². The Morgan fingerprint density at radius 3 is 1.13 bits per heavy atom. The van der Waals surface area contributed by atoms with Gasteiger partial charge in [-0.3, -0.25) is 0 Å². The molecule has 0 radical (unpaired) electrons. The van der Waals surface area contributed by atoms with Gasteiger partial charge >= 0.3 is 36.3 Å². The van der Waals surface area contributed by atoms with Gasteiger partial charge in [-0.15, -0.1) is 0 Å². The van der Waals surface area contributed by atoms with Gasteiger partial charge in [0.05, 0.1) is 13.3 Å². The Morgan fingerprint density at radius 1 is 0.519 bits per heavy atom. The lowest BCUT2D eigenvalue weighted by Crippen LogP contribution is -2.41. The Kier molecular flexibility index (Phi) is 21.3. The molecule has 0 aromatic heterocycles. The van der Waals surface area contributed by atoms with Crippen LogP contribution in [0.25, 0.3) is 0 Å². The zero-order chi connectivity index (χ0) is 40.6. The fourth-order valence-electron chi connectivity index (χ4n) is 3.68. The van der Waals surface area contributed by atoms with Gasteiger partial charge in [0.15, 0.2) is 0 Å². The van der Waals surface area contributed by atoms with E-state index in [1.54, 1.807) is 0 Å². The second-order valence-electron chi connectivity index (χ2n) is 12.2. The summed E-state index contributed by atoms with van der Waals surface area (Å²) in [6.45, 7) is 17.2. The molecule has 0 saturated heterocycles. The molecule has 3 unspecified atom stereocenters. The molecular weight excluding hydrogens is 704 g/mol. The molecule has 54 heavy (non-hydrogen) atoms. The van der Waals surface area contributed by atoms with Gasteiger partial charge in [0.1, 0.15) is 38.1 Å². The van der Waals surface area contributed by atoms with Crippen LogP contribution in [0, 0.1) is 13.8 Å². The van der Waals surface area contributed by atoms with E-state index in [0.29, 0.717) is 0 Å². The first-order valence-electron chi connectivity index (χ1n) is 17.0. The minimum atomic E-state index is -0.915. The van der Waals surface area contributed by atoms with Crippen molar-refractivity contribution >= 4 is 36.3 Å². The molecule has 3 atom stereocenters. The van der Waals surface area contributed by atoms with Crippen molar-refractivity contribution in [3.8, 4) is 0 Å². The number of hydrogen-bond donors (Lipinski definition) is 4. The van der Waals surface area contributed by atoms with Crippen molar-refractivity contribution in [2.75, 3.05) is 33.2 Å². The Balaban J connectivity index is 0.000000795. The molecular formula is C38H52N4O12. The number of alkyl carbamates (subject to hydrolysis) is 4. The molecule has 16 heteroatoms. The number of rotatable bonds is 17. The molecule has 0 fully saturated rings. The molecule has 296 valence electrons. The van der Waals surface area contributed by atoms with E-state index in [0.717, 1.165) is 6.42 Å². The Morgan fingerprint density at radius 2 is 0.815 bits per heavy atom. The Bertz CT molecular complexity index is 1520. The zero-order valence-electron chi connectivity index (χ0n) is 31.9. The van der Waals surface area contributed by atoms with Gasteiger partial charge in [0.25, 0.3) is 0 Å². The van der Waals surface area contributed by atoms with Crippen LogP contribution in [0.1, 0.15) is 56.9 Å². The van der Waals surface area contributed by atoms with E-state index < -0.39 is 54.6 Å². The first kappa shape index (κ1) is 46.0. The summed E-state index contributed by atoms with van der Waals surface area (Å²) in [6, 6.07) is 17.5. The molecule has 4 N–H and O–H groups in total. The number of carbonyl (C=O) groups is 6. The number of amides is 4. The van der Waals surface area contributed by atoms with Gasteiger partial charge in [-0.05, 0) is 66.0 Å². The summed E-state index contributed by atoms with van der Waals surface area (Å²) in [4.78, 5) is 69.4. The van der Waals surface area contributed by atoms with Gasteiger partial charge in [-0.2, -0.15) is 0 Å². The van der Waals surface area contributed by atoms with Crippen molar-refractivity contribution < 1.29 is 57.2 Å². The molecule has 2 aromatic rings. The van der Waals surface area contributed by atoms with Crippen LogP contribution >= 0.6 is 0 Å². The van der Waals surface area contributed by atoms with Crippen LogP contribution in [0.4, 0.5) is 19.2 Å². The number of aryl methyl sites for hydroxylation is 2. The highest BCUT2D eigenvalue weighted by molar-refractivity contribution is 5.87. The molecule has 0 saturated carbocycles. The Labute approximate surface area is 315 Å². The molecule has 2 rings (SSSR count). The SMILES string of the molecule is C=C(C)C(=O)OCC(C)OC(=O)NCNC(=O)OCC(C)OC(=O)NCNC(=O)OC(C)COC(=O)C(=C)C.Cc1ccc(Cc2ccc(C)cc2)cc1. The van der Waals surface area contributed by atoms with Crippen LogP contribution in [-0.2, 0) is 44.4 Å². The second-order valence-corrected chi connectivity index (χ2v) is 12.2. The Hall–Kier alpha value is -6.06. The maximum atomic E-state index is 11.8. The maximum Gasteiger partial charge on any atom is 0.408 e. The van der Waals surface area contributed by atoms with Crippen LogP contribution in [-0.4, -0.2) is 87.8 Å². The smallest absolute Gasteiger partial charge is 0.408 e. The van der Waals surface area contributed by atoms with E-state index in [4.69, 9.17) is 28.4 Å². The predicted molar refractivity (Wildman–Crippen MR) is 198 cm³/mol. The maximum absolute atomic E-state index is 11.8. The molecule has 0 aliphatic heterocycles. The van der Waals surface area contributed by atoms with Crippen LogP contribution in [0.15, 0.2) is 72.8 Å². The molecule has 0 aliphatic rings. The summed E-state index contributed by atoms with van der Waals surface area (Å²) in [6.07, 6.45) is -4.89. The van der Waals surface area contributed by atoms with Crippen LogP contribution < -0.4 is 21.3 Å². The number of ether oxygens (including phenoxy) is 6. The van der Waals surface area contributed by atoms with Crippen molar-refractivity contribution in [3.05, 3.63) is 95.1 Å². The first-order chi connectivity index (χ1) is 25.4. The lowest BCUT2D eigenvalue weighted by molar-refractivity contribution is -0.142. The fraction of sp³-hybridized carbons (Fsp3) is 0.421. The molecule has 0 aliphatic carbocycles. The second kappa shape index (κ2) is 25.0. The monoisotopic (exact) mass is 756 g/mol. The van der Waals surface area contributed by atoms with E-state index in [1.165, 1.54) is 56.9 Å². The lowest BCUT2D eigenvalue weighted by Gasteiger charge is -2.16. The lowest BCUT2D eigenvalue weighted by atomic mass is 10.0. The highest BCUT2D eigenvalue weighted by Gasteiger charge is 2.16. The number of hydrogen-bond acceptors (Lipinski definition) is 12. The summed E-state index contributed by atoms with van der Waals surface area (Å²) < 4.78 is 29.4. The largest absolute Gasteiger partial charge is 0.458 e. The highest BCUT2D eigenvalue weighted by Crippen LogP contribution is 2.11. The summed E-state index contributed by atoms with van der Waals surface area (Å²) >= 11 is 0. The third kappa shape index (κ3) is 22.0. The van der Waals surface area contributed by atoms with Crippen LogP contribution in [0.5, 0.6) is 0 Å². The van der Waals surface area contributed by atoms with Crippen molar-refractivity contribution in [2.24, 2.45) is 0 Å². The van der Waals surface area contributed by atoms with E-state index in [2.05, 4.69) is 96.8 Å². The van der Waals surface area contributed by atoms with E-state index in [-0.39, 0.29) is 44.3 Å². The number of benzene rings is 2. The van der Waals surface area contributed by atoms with E-state index >= 15 is 0 Å². The predicted octanol–water partition coefficient (Wildman–Crippen LogP) is 5.10. The molecule has 0 bridgehead atoms. The molecule has 0 spiro atoms. The van der Waals surface area contributed by atoms with Crippen molar-refractivity contribution in [3.63, 3.8) is 0 Å². The highest BCUT2D eigenvalue weighted by atomic mass is 16.6. The quantitative estimate of drug-likeness (QED) is 0.0720. The van der Waals surface area contributed by atoms with Crippen molar-refractivity contribution in [2.45, 2.75) is 73.2 Å². The summed E-state index contributed by atoms with van der Waals surface area (Å²) in [5, 5.41) is 8.94. The van der Waals surface area contributed by atoms with Crippen LogP contribution in [0.2, 0.25) is 0 Å². The summed E-state index contributed by atoms with van der Waals surface area (Å²) in [5.74, 6) is -1.23. The molecule has 4 amide bonds. The third-order valence-electron chi connectivity index (χ3n) is 6.55.